The lowest BCUT2D eigenvalue weighted by Gasteiger charge is -2.08. The molecule has 0 unspecified atom stereocenters. The fourth-order valence-electron chi connectivity index (χ4n) is 2.32. The van der Waals surface area contributed by atoms with E-state index in [1.807, 2.05) is 39.0 Å². The van der Waals surface area contributed by atoms with Gasteiger partial charge in [0.1, 0.15) is 0 Å². The van der Waals surface area contributed by atoms with Gasteiger partial charge in [-0.1, -0.05) is 35.9 Å². The lowest BCUT2D eigenvalue weighted by atomic mass is 10.0. The number of rotatable bonds is 4. The first kappa shape index (κ1) is 15.3. The molecule has 4 heteroatoms. The normalized spacial score (nSPS) is 11.8. The highest BCUT2D eigenvalue weighted by Gasteiger charge is 2.06. The first-order chi connectivity index (χ1) is 9.87. The second kappa shape index (κ2) is 6.14. The van der Waals surface area contributed by atoms with Gasteiger partial charge in [0.25, 0.3) is 10.0 Å². The molecule has 110 valence electrons. The van der Waals surface area contributed by atoms with E-state index in [2.05, 4.69) is 4.72 Å². The number of benzene rings is 2. The second-order valence-electron chi connectivity index (χ2n) is 5.13. The molecule has 2 aromatic rings. The molecular formula is C17H19NO2S. The highest BCUT2D eigenvalue weighted by molar-refractivity contribution is 7.95. The van der Waals surface area contributed by atoms with Crippen LogP contribution in [0.4, 0.5) is 5.69 Å². The van der Waals surface area contributed by atoms with Crippen molar-refractivity contribution in [1.82, 2.24) is 0 Å². The highest BCUT2D eigenvalue weighted by atomic mass is 32.2. The molecule has 0 aliphatic carbocycles. The van der Waals surface area contributed by atoms with Crippen molar-refractivity contribution in [3.05, 3.63) is 70.1 Å². The van der Waals surface area contributed by atoms with Gasteiger partial charge < -0.3 is 0 Å². The van der Waals surface area contributed by atoms with Gasteiger partial charge >= 0.3 is 0 Å². The molecule has 2 rings (SSSR count). The Bertz CT molecular complexity index is 740. The Balaban J connectivity index is 2.25. The zero-order valence-corrected chi connectivity index (χ0v) is 13.2. The predicted molar refractivity (Wildman–Crippen MR) is 88.7 cm³/mol. The van der Waals surface area contributed by atoms with E-state index in [1.54, 1.807) is 30.3 Å². The Morgan fingerprint density at radius 3 is 2.10 bits per heavy atom. The fraction of sp³-hybridized carbons (Fsp3) is 0.176. The van der Waals surface area contributed by atoms with Crippen molar-refractivity contribution in [2.75, 3.05) is 4.72 Å². The monoisotopic (exact) mass is 301 g/mol. The SMILES string of the molecule is Cc1cc(C)c(C=CS(=O)(=O)Nc2ccccc2)c(C)c1. The summed E-state index contributed by atoms with van der Waals surface area (Å²) >= 11 is 0. The summed E-state index contributed by atoms with van der Waals surface area (Å²) in [6, 6.07) is 12.9. The third-order valence-electron chi connectivity index (χ3n) is 3.19. The van der Waals surface area contributed by atoms with E-state index in [1.165, 1.54) is 11.0 Å². The Labute approximate surface area is 126 Å². The Kier molecular flexibility index (Phi) is 4.48. The van der Waals surface area contributed by atoms with Gasteiger partial charge in [-0.25, -0.2) is 8.42 Å². The van der Waals surface area contributed by atoms with Crippen LogP contribution in [0.25, 0.3) is 6.08 Å². The number of aryl methyl sites for hydroxylation is 3. The first-order valence-electron chi connectivity index (χ1n) is 6.71. The molecule has 21 heavy (non-hydrogen) atoms. The number of hydrogen-bond acceptors (Lipinski definition) is 2. The van der Waals surface area contributed by atoms with Crippen molar-refractivity contribution in [2.45, 2.75) is 20.8 Å². The summed E-state index contributed by atoms with van der Waals surface area (Å²) in [6.07, 6.45) is 1.65. The molecule has 0 fully saturated rings. The Morgan fingerprint density at radius 1 is 0.952 bits per heavy atom. The minimum absolute atomic E-state index is 0.555. The van der Waals surface area contributed by atoms with Gasteiger partial charge in [0.05, 0.1) is 5.41 Å². The summed E-state index contributed by atoms with van der Waals surface area (Å²) in [5.41, 5.74) is 4.81. The van der Waals surface area contributed by atoms with Crippen molar-refractivity contribution in [1.29, 1.82) is 0 Å². The summed E-state index contributed by atoms with van der Waals surface area (Å²) < 4.78 is 26.7. The van der Waals surface area contributed by atoms with E-state index in [0.29, 0.717) is 5.69 Å². The molecule has 0 aromatic heterocycles. The zero-order valence-electron chi connectivity index (χ0n) is 12.4. The van der Waals surface area contributed by atoms with Crippen molar-refractivity contribution >= 4 is 21.8 Å². The molecular weight excluding hydrogens is 282 g/mol. The summed E-state index contributed by atoms with van der Waals surface area (Å²) in [5.74, 6) is 0. The maximum atomic E-state index is 12.1. The molecule has 0 bridgehead atoms. The predicted octanol–water partition coefficient (Wildman–Crippen LogP) is 4.02. The van der Waals surface area contributed by atoms with E-state index in [0.717, 1.165) is 16.7 Å². The maximum Gasteiger partial charge on any atom is 0.255 e. The molecule has 0 radical (unpaired) electrons. The minimum Gasteiger partial charge on any atom is -0.280 e. The molecule has 0 spiro atoms. The number of nitrogens with one attached hydrogen (secondary N) is 1. The molecule has 0 saturated heterocycles. The Hall–Kier alpha value is -2.07. The van der Waals surface area contributed by atoms with Gasteiger partial charge in [-0.3, -0.25) is 4.72 Å². The number of sulfonamides is 1. The molecule has 0 heterocycles. The lowest BCUT2D eigenvalue weighted by molar-refractivity contribution is 0.609. The van der Waals surface area contributed by atoms with Crippen LogP contribution in [0.15, 0.2) is 47.9 Å². The van der Waals surface area contributed by atoms with Crippen molar-refractivity contribution in [3.8, 4) is 0 Å². The largest absolute Gasteiger partial charge is 0.280 e. The van der Waals surface area contributed by atoms with Gasteiger partial charge in [0.2, 0.25) is 0 Å². The van der Waals surface area contributed by atoms with Crippen LogP contribution < -0.4 is 4.72 Å². The lowest BCUT2D eigenvalue weighted by Crippen LogP contribution is -2.08. The smallest absolute Gasteiger partial charge is 0.255 e. The van der Waals surface area contributed by atoms with Crippen LogP contribution in [-0.2, 0) is 10.0 Å². The third-order valence-corrected chi connectivity index (χ3v) is 4.20. The van der Waals surface area contributed by atoms with Crippen molar-refractivity contribution in [2.24, 2.45) is 0 Å². The maximum absolute atomic E-state index is 12.1. The van der Waals surface area contributed by atoms with Gasteiger partial charge in [0, 0.05) is 5.69 Å². The van der Waals surface area contributed by atoms with Crippen LogP contribution in [0, 0.1) is 20.8 Å². The highest BCUT2D eigenvalue weighted by Crippen LogP contribution is 2.19. The molecule has 0 amide bonds. The molecule has 3 nitrogen and oxygen atoms in total. The van der Waals surface area contributed by atoms with Crippen LogP contribution in [0.5, 0.6) is 0 Å². The topological polar surface area (TPSA) is 46.2 Å². The van der Waals surface area contributed by atoms with E-state index >= 15 is 0 Å². The quantitative estimate of drug-likeness (QED) is 0.927. The van der Waals surface area contributed by atoms with Crippen LogP contribution >= 0.6 is 0 Å². The van der Waals surface area contributed by atoms with E-state index in [9.17, 15) is 8.42 Å². The Morgan fingerprint density at radius 2 is 1.52 bits per heavy atom. The molecule has 2 aromatic carbocycles. The van der Waals surface area contributed by atoms with Gasteiger partial charge in [-0.05, 0) is 55.7 Å². The average Bonchev–Trinajstić information content (AvgIpc) is 2.37. The molecule has 0 aliphatic rings. The average molecular weight is 301 g/mol. The van der Waals surface area contributed by atoms with Crippen LogP contribution in [0.1, 0.15) is 22.3 Å². The summed E-state index contributed by atoms with van der Waals surface area (Å²) in [4.78, 5) is 0. The van der Waals surface area contributed by atoms with Crippen molar-refractivity contribution < 1.29 is 8.42 Å². The minimum atomic E-state index is -3.51. The standard InChI is InChI=1S/C17H19NO2S/c1-13-11-14(2)17(15(3)12-13)9-10-21(19,20)18-16-7-5-4-6-8-16/h4-12,18H,1-3H3. The number of anilines is 1. The summed E-state index contributed by atoms with van der Waals surface area (Å²) in [7, 11) is -3.51. The van der Waals surface area contributed by atoms with Crippen LogP contribution in [0.3, 0.4) is 0 Å². The molecule has 0 aliphatic heterocycles. The molecule has 0 atom stereocenters. The van der Waals surface area contributed by atoms with Gasteiger partial charge in [0.15, 0.2) is 0 Å². The third kappa shape index (κ3) is 4.20. The van der Waals surface area contributed by atoms with Crippen LogP contribution in [-0.4, -0.2) is 8.42 Å². The first-order valence-corrected chi connectivity index (χ1v) is 8.26. The molecule has 0 saturated carbocycles. The van der Waals surface area contributed by atoms with Crippen molar-refractivity contribution in [3.63, 3.8) is 0 Å². The van der Waals surface area contributed by atoms with Crippen LogP contribution in [0.2, 0.25) is 0 Å². The summed E-state index contributed by atoms with van der Waals surface area (Å²) in [5, 5.41) is 1.21. The van der Waals surface area contributed by atoms with E-state index < -0.39 is 10.0 Å². The van der Waals surface area contributed by atoms with E-state index in [4.69, 9.17) is 0 Å². The number of para-hydroxylation sites is 1. The fourth-order valence-corrected chi connectivity index (χ4v) is 3.16. The zero-order chi connectivity index (χ0) is 15.5. The van der Waals surface area contributed by atoms with Gasteiger partial charge in [-0.15, -0.1) is 0 Å². The van der Waals surface area contributed by atoms with Gasteiger partial charge in [-0.2, -0.15) is 0 Å². The second-order valence-corrected chi connectivity index (χ2v) is 6.69. The summed E-state index contributed by atoms with van der Waals surface area (Å²) in [6.45, 7) is 6.00. The van der Waals surface area contributed by atoms with E-state index in [-0.39, 0.29) is 0 Å². The molecule has 1 N–H and O–H groups in total. The number of hydrogen-bond donors (Lipinski definition) is 1.